The molecule has 72 valence electrons. The smallest absolute Gasteiger partial charge is 0.0716 e. The van der Waals surface area contributed by atoms with E-state index in [0.717, 1.165) is 13.2 Å². The first-order chi connectivity index (χ1) is 6.24. The summed E-state index contributed by atoms with van der Waals surface area (Å²) in [5.41, 5.74) is 2.64. The molecule has 1 heteroatoms. The van der Waals surface area contributed by atoms with Crippen LogP contribution in [0.3, 0.4) is 0 Å². The fourth-order valence-corrected chi connectivity index (χ4v) is 1.22. The fourth-order valence-electron chi connectivity index (χ4n) is 1.22. The molecule has 0 spiro atoms. The van der Waals surface area contributed by atoms with E-state index < -0.39 is 0 Å². The average molecular weight is 178 g/mol. The summed E-state index contributed by atoms with van der Waals surface area (Å²) in [5, 5.41) is 0. The highest BCUT2D eigenvalue weighted by molar-refractivity contribution is 5.24. The van der Waals surface area contributed by atoms with Crippen LogP contribution in [0.1, 0.15) is 37.8 Å². The lowest BCUT2D eigenvalue weighted by atomic mass is 10.0. The van der Waals surface area contributed by atoms with Gasteiger partial charge in [0, 0.05) is 6.61 Å². The summed E-state index contributed by atoms with van der Waals surface area (Å²) >= 11 is 0. The van der Waals surface area contributed by atoms with E-state index in [1.165, 1.54) is 11.1 Å². The second-order valence-corrected chi connectivity index (χ2v) is 3.53. The van der Waals surface area contributed by atoms with E-state index in [1.54, 1.807) is 0 Å². The fraction of sp³-hybridized carbons (Fsp3) is 0.500. The largest absolute Gasteiger partial charge is 0.377 e. The Balaban J connectivity index is 2.59. The zero-order chi connectivity index (χ0) is 9.68. The van der Waals surface area contributed by atoms with Crippen molar-refractivity contribution in [3.05, 3.63) is 35.4 Å². The lowest BCUT2D eigenvalue weighted by Gasteiger charge is -2.06. The predicted octanol–water partition coefficient (Wildman–Crippen LogP) is 3.35. The standard InChI is InChI=1S/C12H18O/c1-4-13-9-11-5-7-12(8-6-11)10(2)3/h5-8,10H,4,9H2,1-3H3. The van der Waals surface area contributed by atoms with Crippen LogP contribution in [0.4, 0.5) is 0 Å². The molecule has 0 saturated carbocycles. The molecule has 0 aromatic heterocycles. The highest BCUT2D eigenvalue weighted by Gasteiger charge is 1.98. The number of rotatable bonds is 4. The van der Waals surface area contributed by atoms with E-state index in [-0.39, 0.29) is 0 Å². The highest BCUT2D eigenvalue weighted by atomic mass is 16.5. The molecule has 0 aliphatic carbocycles. The van der Waals surface area contributed by atoms with Crippen LogP contribution in [0, 0.1) is 0 Å². The van der Waals surface area contributed by atoms with Crippen LogP contribution in [-0.4, -0.2) is 6.61 Å². The molecule has 0 atom stereocenters. The van der Waals surface area contributed by atoms with Gasteiger partial charge in [0.25, 0.3) is 0 Å². The maximum Gasteiger partial charge on any atom is 0.0716 e. The average Bonchev–Trinajstić information content (AvgIpc) is 2.15. The molecule has 0 radical (unpaired) electrons. The van der Waals surface area contributed by atoms with E-state index in [1.807, 2.05) is 6.92 Å². The van der Waals surface area contributed by atoms with Crippen molar-refractivity contribution < 1.29 is 4.74 Å². The Labute approximate surface area is 80.7 Å². The monoisotopic (exact) mass is 178 g/mol. The van der Waals surface area contributed by atoms with Gasteiger partial charge in [0.15, 0.2) is 0 Å². The molecule has 0 aliphatic rings. The highest BCUT2D eigenvalue weighted by Crippen LogP contribution is 2.14. The molecule has 0 unspecified atom stereocenters. The van der Waals surface area contributed by atoms with Gasteiger partial charge in [0.05, 0.1) is 6.61 Å². The molecule has 1 nitrogen and oxygen atoms in total. The van der Waals surface area contributed by atoms with Crippen molar-refractivity contribution >= 4 is 0 Å². The normalized spacial score (nSPS) is 10.8. The van der Waals surface area contributed by atoms with Gasteiger partial charge < -0.3 is 4.74 Å². The first-order valence-electron chi connectivity index (χ1n) is 4.90. The summed E-state index contributed by atoms with van der Waals surface area (Å²) in [5.74, 6) is 0.612. The van der Waals surface area contributed by atoms with Gasteiger partial charge >= 0.3 is 0 Å². The summed E-state index contributed by atoms with van der Waals surface area (Å²) in [4.78, 5) is 0. The van der Waals surface area contributed by atoms with Gasteiger partial charge in [-0.05, 0) is 24.0 Å². The van der Waals surface area contributed by atoms with Crippen LogP contribution in [0.25, 0.3) is 0 Å². The minimum Gasteiger partial charge on any atom is -0.377 e. The van der Waals surface area contributed by atoms with Gasteiger partial charge in [-0.15, -0.1) is 0 Å². The predicted molar refractivity (Wildman–Crippen MR) is 55.9 cm³/mol. The number of hydrogen-bond donors (Lipinski definition) is 0. The van der Waals surface area contributed by atoms with Crippen molar-refractivity contribution in [3.8, 4) is 0 Å². The third kappa shape index (κ3) is 3.19. The van der Waals surface area contributed by atoms with Crippen molar-refractivity contribution in [3.63, 3.8) is 0 Å². The first-order valence-corrected chi connectivity index (χ1v) is 4.90. The lowest BCUT2D eigenvalue weighted by molar-refractivity contribution is 0.134. The molecule has 0 bridgehead atoms. The molecule has 0 amide bonds. The summed E-state index contributed by atoms with van der Waals surface area (Å²) in [7, 11) is 0. The first kappa shape index (κ1) is 10.3. The molecule has 1 aromatic carbocycles. The SMILES string of the molecule is CCOCc1ccc(C(C)C)cc1. The Morgan fingerprint density at radius 3 is 2.23 bits per heavy atom. The summed E-state index contributed by atoms with van der Waals surface area (Å²) in [6, 6.07) is 8.65. The van der Waals surface area contributed by atoms with E-state index in [0.29, 0.717) is 5.92 Å². The molecule has 1 aromatic rings. The zero-order valence-electron chi connectivity index (χ0n) is 8.71. The van der Waals surface area contributed by atoms with Gasteiger partial charge in [0.1, 0.15) is 0 Å². The lowest BCUT2D eigenvalue weighted by Crippen LogP contribution is -1.93. The van der Waals surface area contributed by atoms with Crippen LogP contribution in [0.15, 0.2) is 24.3 Å². The molecule has 0 saturated heterocycles. The Bertz CT molecular complexity index is 236. The van der Waals surface area contributed by atoms with Crippen molar-refractivity contribution in [2.45, 2.75) is 33.3 Å². The van der Waals surface area contributed by atoms with Crippen LogP contribution < -0.4 is 0 Å². The minimum atomic E-state index is 0.612. The number of hydrogen-bond acceptors (Lipinski definition) is 1. The van der Waals surface area contributed by atoms with Crippen LogP contribution in [0.2, 0.25) is 0 Å². The van der Waals surface area contributed by atoms with Crippen molar-refractivity contribution in [1.82, 2.24) is 0 Å². The molecule has 0 aliphatic heterocycles. The summed E-state index contributed by atoms with van der Waals surface area (Å²) in [6.07, 6.45) is 0. The molecular weight excluding hydrogens is 160 g/mol. The van der Waals surface area contributed by atoms with E-state index in [4.69, 9.17) is 4.74 Å². The second-order valence-electron chi connectivity index (χ2n) is 3.53. The molecule has 13 heavy (non-hydrogen) atoms. The Morgan fingerprint density at radius 1 is 1.15 bits per heavy atom. The maximum atomic E-state index is 5.32. The van der Waals surface area contributed by atoms with Crippen molar-refractivity contribution in [2.75, 3.05) is 6.61 Å². The van der Waals surface area contributed by atoms with Crippen LogP contribution in [0.5, 0.6) is 0 Å². The summed E-state index contributed by atoms with van der Waals surface area (Å²) < 4.78 is 5.32. The summed E-state index contributed by atoms with van der Waals surface area (Å²) in [6.45, 7) is 7.94. The molecule has 1 rings (SSSR count). The molecular formula is C12H18O. The third-order valence-electron chi connectivity index (χ3n) is 2.12. The van der Waals surface area contributed by atoms with Gasteiger partial charge in [-0.3, -0.25) is 0 Å². The van der Waals surface area contributed by atoms with Gasteiger partial charge in [-0.25, -0.2) is 0 Å². The molecule has 0 heterocycles. The van der Waals surface area contributed by atoms with E-state index in [9.17, 15) is 0 Å². The van der Waals surface area contributed by atoms with E-state index in [2.05, 4.69) is 38.1 Å². The zero-order valence-corrected chi connectivity index (χ0v) is 8.71. The van der Waals surface area contributed by atoms with E-state index >= 15 is 0 Å². The van der Waals surface area contributed by atoms with Crippen molar-refractivity contribution in [2.24, 2.45) is 0 Å². The maximum absolute atomic E-state index is 5.32. The molecule has 0 N–H and O–H groups in total. The topological polar surface area (TPSA) is 9.23 Å². The van der Waals surface area contributed by atoms with Gasteiger partial charge in [-0.2, -0.15) is 0 Å². The number of ether oxygens (including phenoxy) is 1. The Morgan fingerprint density at radius 2 is 1.77 bits per heavy atom. The molecule has 0 fully saturated rings. The quantitative estimate of drug-likeness (QED) is 0.687. The minimum absolute atomic E-state index is 0.612. The number of benzene rings is 1. The third-order valence-corrected chi connectivity index (χ3v) is 2.12. The van der Waals surface area contributed by atoms with Crippen LogP contribution >= 0.6 is 0 Å². The van der Waals surface area contributed by atoms with Gasteiger partial charge in [0.2, 0.25) is 0 Å². The van der Waals surface area contributed by atoms with Crippen molar-refractivity contribution in [1.29, 1.82) is 0 Å². The Kier molecular flexibility index (Phi) is 3.97. The second kappa shape index (κ2) is 5.03. The Hall–Kier alpha value is -0.820. The van der Waals surface area contributed by atoms with Gasteiger partial charge in [-0.1, -0.05) is 38.1 Å². The van der Waals surface area contributed by atoms with Crippen LogP contribution in [-0.2, 0) is 11.3 Å².